The highest BCUT2D eigenvalue weighted by atomic mass is 19.4. The molecule has 8 nitrogen and oxygen atoms in total. The number of nitrogens with zero attached hydrogens (tertiary/aromatic N) is 3. The first-order chi connectivity index (χ1) is 16.0. The molecule has 0 unspecified atom stereocenters. The van der Waals surface area contributed by atoms with Crippen LogP contribution in [0.25, 0.3) is 0 Å². The summed E-state index contributed by atoms with van der Waals surface area (Å²) >= 11 is 0. The molecule has 0 atom stereocenters. The molecule has 1 aliphatic heterocycles. The Labute approximate surface area is 196 Å². The van der Waals surface area contributed by atoms with Gasteiger partial charge in [0.1, 0.15) is 17.1 Å². The number of ether oxygens (including phenoxy) is 1. The van der Waals surface area contributed by atoms with E-state index in [1.54, 1.807) is 17.0 Å². The number of anilines is 1. The van der Waals surface area contributed by atoms with Crippen LogP contribution in [0.1, 0.15) is 55.7 Å². The molecule has 0 radical (unpaired) electrons. The summed E-state index contributed by atoms with van der Waals surface area (Å²) in [4.78, 5) is 30.4. The summed E-state index contributed by atoms with van der Waals surface area (Å²) in [6, 6.07) is 5.70. The first kappa shape index (κ1) is 25.4. The van der Waals surface area contributed by atoms with Crippen LogP contribution in [0.15, 0.2) is 36.7 Å². The average Bonchev–Trinajstić information content (AvgIpc) is 3.25. The van der Waals surface area contributed by atoms with Crippen molar-refractivity contribution < 1.29 is 27.5 Å². The van der Waals surface area contributed by atoms with Crippen molar-refractivity contribution in [1.82, 2.24) is 19.8 Å². The smallest absolute Gasteiger partial charge is 0.419 e. The van der Waals surface area contributed by atoms with Gasteiger partial charge in [0, 0.05) is 44.6 Å². The number of rotatable bonds is 6. The number of hydrogen-bond donors (Lipinski definition) is 2. The fraction of sp³-hybridized carbons (Fsp3) is 0.522. The second-order valence-corrected chi connectivity index (χ2v) is 9.08. The van der Waals surface area contributed by atoms with E-state index in [0.717, 1.165) is 6.07 Å². The zero-order valence-electron chi connectivity index (χ0n) is 19.5. The molecule has 0 spiro atoms. The highest BCUT2D eigenvalue weighted by molar-refractivity contribution is 5.92. The zero-order chi connectivity index (χ0) is 24.9. The predicted molar refractivity (Wildman–Crippen MR) is 121 cm³/mol. The van der Waals surface area contributed by atoms with Gasteiger partial charge in [-0.05, 0) is 57.9 Å². The van der Waals surface area contributed by atoms with Crippen molar-refractivity contribution >= 4 is 17.8 Å². The molecule has 0 aromatic carbocycles. The minimum atomic E-state index is -4.51. The maximum absolute atomic E-state index is 13.1. The van der Waals surface area contributed by atoms with Crippen molar-refractivity contribution in [3.05, 3.63) is 47.9 Å². The number of nitrogens with one attached hydrogen (secondary N) is 2. The zero-order valence-corrected chi connectivity index (χ0v) is 19.5. The van der Waals surface area contributed by atoms with Gasteiger partial charge in [-0.25, -0.2) is 9.78 Å². The number of aromatic nitrogens is 2. The van der Waals surface area contributed by atoms with E-state index < -0.39 is 17.3 Å². The highest BCUT2D eigenvalue weighted by Crippen LogP contribution is 2.33. The summed E-state index contributed by atoms with van der Waals surface area (Å²) in [6.07, 6.45) is -0.405. The number of halogens is 3. The summed E-state index contributed by atoms with van der Waals surface area (Å²) < 4.78 is 46.5. The molecule has 1 fully saturated rings. The number of hydrogen-bond acceptors (Lipinski definition) is 5. The fourth-order valence-corrected chi connectivity index (χ4v) is 3.78. The van der Waals surface area contributed by atoms with Crippen molar-refractivity contribution in [2.45, 2.75) is 51.4 Å². The second-order valence-electron chi connectivity index (χ2n) is 9.08. The Hall–Kier alpha value is -3.24. The van der Waals surface area contributed by atoms with Crippen LogP contribution in [0.4, 0.5) is 23.8 Å². The van der Waals surface area contributed by atoms with E-state index in [1.165, 1.54) is 12.3 Å². The number of carbonyl (C=O) groups excluding carboxylic acids is 2. The molecular formula is C23H30F3N5O3. The van der Waals surface area contributed by atoms with Crippen LogP contribution in [0, 0.1) is 0 Å². The first-order valence-electron chi connectivity index (χ1n) is 11.1. The molecule has 2 aromatic rings. The van der Waals surface area contributed by atoms with Crippen LogP contribution < -0.4 is 10.6 Å². The Kier molecular flexibility index (Phi) is 7.73. The third-order valence-corrected chi connectivity index (χ3v) is 5.34. The van der Waals surface area contributed by atoms with Crippen molar-refractivity contribution in [3.63, 3.8) is 0 Å². The number of pyridine rings is 1. The lowest BCUT2D eigenvalue weighted by atomic mass is 10.0. The van der Waals surface area contributed by atoms with Crippen LogP contribution in [0.5, 0.6) is 0 Å². The Morgan fingerprint density at radius 3 is 2.47 bits per heavy atom. The Morgan fingerprint density at radius 2 is 1.82 bits per heavy atom. The monoisotopic (exact) mass is 481 g/mol. The van der Waals surface area contributed by atoms with E-state index in [1.807, 2.05) is 31.5 Å². The summed E-state index contributed by atoms with van der Waals surface area (Å²) in [7, 11) is 0. The first-order valence-corrected chi connectivity index (χ1v) is 11.1. The maximum Gasteiger partial charge on any atom is 0.419 e. The van der Waals surface area contributed by atoms with Crippen molar-refractivity contribution in [3.8, 4) is 0 Å². The normalized spacial score (nSPS) is 15.2. The average molecular weight is 482 g/mol. The van der Waals surface area contributed by atoms with E-state index >= 15 is 0 Å². The summed E-state index contributed by atoms with van der Waals surface area (Å²) in [5.41, 5.74) is -0.947. The van der Waals surface area contributed by atoms with Gasteiger partial charge in [0.2, 0.25) is 0 Å². The van der Waals surface area contributed by atoms with Crippen LogP contribution in [-0.2, 0) is 10.9 Å². The molecule has 0 bridgehead atoms. The third kappa shape index (κ3) is 6.64. The minimum Gasteiger partial charge on any atom is -0.444 e. The number of piperidine rings is 1. The molecule has 1 aliphatic rings. The molecule has 186 valence electrons. The fourth-order valence-electron chi connectivity index (χ4n) is 3.78. The molecule has 3 rings (SSSR count). The molecule has 2 aromatic heterocycles. The van der Waals surface area contributed by atoms with E-state index in [-0.39, 0.29) is 36.9 Å². The summed E-state index contributed by atoms with van der Waals surface area (Å²) in [5, 5.41) is 5.36. The molecular weight excluding hydrogens is 451 g/mol. The molecule has 2 N–H and O–H groups in total. The molecule has 11 heteroatoms. The van der Waals surface area contributed by atoms with Gasteiger partial charge in [0.25, 0.3) is 5.91 Å². The summed E-state index contributed by atoms with van der Waals surface area (Å²) in [5.74, 6) is -0.595. The van der Waals surface area contributed by atoms with Gasteiger partial charge in [0.15, 0.2) is 0 Å². The third-order valence-electron chi connectivity index (χ3n) is 5.34. The van der Waals surface area contributed by atoms with Crippen molar-refractivity contribution in [2.24, 2.45) is 0 Å². The number of carbonyl (C=O) groups is 2. The van der Waals surface area contributed by atoms with E-state index in [2.05, 4.69) is 15.6 Å². The molecule has 3 heterocycles. The van der Waals surface area contributed by atoms with E-state index in [9.17, 15) is 22.8 Å². The van der Waals surface area contributed by atoms with Gasteiger partial charge >= 0.3 is 12.3 Å². The van der Waals surface area contributed by atoms with Crippen LogP contribution in [0.2, 0.25) is 0 Å². The SMILES string of the molecule is CC(C)(C)OC(=O)N1CCC(n2cccc2C(=O)NCCNc2ncccc2C(F)(F)F)CC1. The van der Waals surface area contributed by atoms with Crippen molar-refractivity contribution in [2.75, 3.05) is 31.5 Å². The summed E-state index contributed by atoms with van der Waals surface area (Å²) in [6.45, 7) is 6.72. The molecule has 34 heavy (non-hydrogen) atoms. The van der Waals surface area contributed by atoms with Gasteiger partial charge in [-0.15, -0.1) is 0 Å². The largest absolute Gasteiger partial charge is 0.444 e. The second kappa shape index (κ2) is 10.4. The van der Waals surface area contributed by atoms with Gasteiger partial charge in [-0.2, -0.15) is 13.2 Å². The molecule has 0 saturated carbocycles. The molecule has 1 saturated heterocycles. The number of amides is 2. The Morgan fingerprint density at radius 1 is 1.12 bits per heavy atom. The van der Waals surface area contributed by atoms with E-state index in [4.69, 9.17) is 4.74 Å². The van der Waals surface area contributed by atoms with Gasteiger partial charge in [0.05, 0.1) is 5.56 Å². The van der Waals surface area contributed by atoms with Gasteiger partial charge in [-0.1, -0.05) is 0 Å². The standard InChI is InChI=1S/C23H30F3N5O3/c1-22(2,3)34-21(33)30-14-8-16(9-15-30)31-13-5-7-18(31)20(32)29-12-11-28-19-17(23(24,25)26)6-4-10-27-19/h4-7,10,13,16H,8-9,11-12,14-15H2,1-3H3,(H,27,28)(H,29,32). The minimum absolute atomic E-state index is 0.0513. The van der Waals surface area contributed by atoms with E-state index in [0.29, 0.717) is 31.6 Å². The van der Waals surface area contributed by atoms with Crippen LogP contribution in [-0.4, -0.2) is 58.2 Å². The quantitative estimate of drug-likeness (QED) is 0.600. The topological polar surface area (TPSA) is 88.5 Å². The lowest BCUT2D eigenvalue weighted by Gasteiger charge is -2.34. The molecule has 0 aliphatic carbocycles. The lowest BCUT2D eigenvalue weighted by molar-refractivity contribution is -0.137. The highest BCUT2D eigenvalue weighted by Gasteiger charge is 2.34. The number of alkyl halides is 3. The predicted octanol–water partition coefficient (Wildman–Crippen LogP) is 4.32. The van der Waals surface area contributed by atoms with Gasteiger partial charge in [-0.3, -0.25) is 4.79 Å². The Balaban J connectivity index is 1.51. The Bertz CT molecular complexity index is 992. The van der Waals surface area contributed by atoms with Crippen LogP contribution >= 0.6 is 0 Å². The van der Waals surface area contributed by atoms with Gasteiger partial charge < -0.3 is 24.8 Å². The van der Waals surface area contributed by atoms with Crippen molar-refractivity contribution in [1.29, 1.82) is 0 Å². The van der Waals surface area contributed by atoms with Crippen LogP contribution in [0.3, 0.4) is 0 Å². The maximum atomic E-state index is 13.1. The number of likely N-dealkylation sites (tertiary alicyclic amines) is 1. The molecule has 2 amide bonds. The lowest BCUT2D eigenvalue weighted by Crippen LogP contribution is -2.42.